The van der Waals surface area contributed by atoms with E-state index in [9.17, 15) is 0 Å². The van der Waals surface area contributed by atoms with Crippen molar-refractivity contribution >= 4 is 34.8 Å². The summed E-state index contributed by atoms with van der Waals surface area (Å²) >= 11 is 16.9. The van der Waals surface area contributed by atoms with Crippen molar-refractivity contribution in [2.75, 3.05) is 5.88 Å². The minimum atomic E-state index is 0.380. The molecule has 0 saturated carbocycles. The highest BCUT2D eigenvalue weighted by Crippen LogP contribution is 2.20. The molecule has 5 heteroatoms. The Hall–Kier alpha value is -0.0500. The van der Waals surface area contributed by atoms with Gasteiger partial charge in [-0.05, 0) is 6.42 Å². The van der Waals surface area contributed by atoms with Crippen molar-refractivity contribution < 1.29 is 0 Å². The minimum absolute atomic E-state index is 0.380. The van der Waals surface area contributed by atoms with Crippen LogP contribution in [0.15, 0.2) is 6.33 Å². The van der Waals surface area contributed by atoms with Crippen LogP contribution in [-0.4, -0.2) is 15.8 Å². The van der Waals surface area contributed by atoms with Crippen LogP contribution in [0.25, 0.3) is 0 Å². The van der Waals surface area contributed by atoms with Crippen molar-refractivity contribution in [2.45, 2.75) is 20.3 Å². The molecule has 74 valence electrons. The average Bonchev–Trinajstić information content (AvgIpc) is 2.15. The first-order valence-electron chi connectivity index (χ1n) is 3.96. The van der Waals surface area contributed by atoms with Crippen molar-refractivity contribution in [3.63, 3.8) is 0 Å². The van der Waals surface area contributed by atoms with Gasteiger partial charge in [-0.3, -0.25) is 0 Å². The van der Waals surface area contributed by atoms with Crippen LogP contribution in [0, 0.1) is 0 Å². The van der Waals surface area contributed by atoms with Crippen molar-refractivity contribution in [3.05, 3.63) is 22.2 Å². The van der Waals surface area contributed by atoms with Crippen LogP contribution >= 0.6 is 34.8 Å². The first-order valence-corrected chi connectivity index (χ1v) is 5.25. The van der Waals surface area contributed by atoms with Crippen LogP contribution in [0.2, 0.25) is 10.3 Å². The van der Waals surface area contributed by atoms with Crippen molar-refractivity contribution in [1.82, 2.24) is 9.97 Å². The van der Waals surface area contributed by atoms with E-state index < -0.39 is 0 Å². The minimum Gasteiger partial charge on any atom is -0.224 e. The van der Waals surface area contributed by atoms with Gasteiger partial charge in [-0.25, -0.2) is 9.97 Å². The number of nitrogens with zero attached hydrogens (tertiary/aromatic N) is 2. The van der Waals surface area contributed by atoms with Crippen LogP contribution in [0.4, 0.5) is 0 Å². The molecule has 13 heavy (non-hydrogen) atoms. The van der Waals surface area contributed by atoms with E-state index >= 15 is 0 Å². The Bertz CT molecular complexity index is 233. The van der Waals surface area contributed by atoms with E-state index in [1.54, 1.807) is 0 Å². The fourth-order valence-electron chi connectivity index (χ4n) is 0.672. The lowest BCUT2D eigenvalue weighted by Gasteiger charge is -2.00. The van der Waals surface area contributed by atoms with Gasteiger partial charge in [-0.1, -0.05) is 37.0 Å². The third kappa shape index (κ3) is 4.12. The van der Waals surface area contributed by atoms with Crippen LogP contribution in [0.1, 0.15) is 19.4 Å². The summed E-state index contributed by atoms with van der Waals surface area (Å²) in [7, 11) is 0. The van der Waals surface area contributed by atoms with Crippen molar-refractivity contribution in [2.24, 2.45) is 0 Å². The van der Waals surface area contributed by atoms with Gasteiger partial charge >= 0.3 is 0 Å². The second kappa shape index (κ2) is 7.36. The van der Waals surface area contributed by atoms with E-state index in [0.29, 0.717) is 28.2 Å². The average molecular weight is 242 g/mol. The molecule has 0 aliphatic heterocycles. The molecule has 0 aliphatic rings. The zero-order valence-corrected chi connectivity index (χ0v) is 9.79. The maximum absolute atomic E-state index is 5.71. The Morgan fingerprint density at radius 2 is 1.62 bits per heavy atom. The smallest absolute Gasteiger partial charge is 0.137 e. The molecular formula is C8H11Cl3N2. The van der Waals surface area contributed by atoms with Gasteiger partial charge in [-0.15, -0.1) is 11.6 Å². The number of hydrogen-bond acceptors (Lipinski definition) is 2. The zero-order valence-electron chi connectivity index (χ0n) is 7.52. The van der Waals surface area contributed by atoms with Crippen LogP contribution in [0.5, 0.6) is 0 Å². The third-order valence-corrected chi connectivity index (χ3v) is 2.03. The van der Waals surface area contributed by atoms with E-state index in [-0.39, 0.29) is 0 Å². The van der Waals surface area contributed by atoms with Gasteiger partial charge in [0.1, 0.15) is 16.6 Å². The van der Waals surface area contributed by atoms with Crippen LogP contribution in [0.3, 0.4) is 0 Å². The highest BCUT2D eigenvalue weighted by molar-refractivity contribution is 6.34. The maximum atomic E-state index is 5.71. The van der Waals surface area contributed by atoms with Gasteiger partial charge in [0.2, 0.25) is 0 Å². The summed E-state index contributed by atoms with van der Waals surface area (Å²) in [6, 6.07) is 0. The van der Waals surface area contributed by atoms with Gasteiger partial charge in [-0.2, -0.15) is 0 Å². The van der Waals surface area contributed by atoms with Crippen LogP contribution < -0.4 is 0 Å². The quantitative estimate of drug-likeness (QED) is 0.584. The van der Waals surface area contributed by atoms with Gasteiger partial charge in [0, 0.05) is 11.4 Å². The molecule has 0 radical (unpaired) electrons. The molecule has 0 aromatic carbocycles. The van der Waals surface area contributed by atoms with Crippen molar-refractivity contribution in [1.29, 1.82) is 0 Å². The maximum Gasteiger partial charge on any atom is 0.137 e. The number of halogens is 3. The molecule has 1 aromatic heterocycles. The molecule has 0 amide bonds. The Balaban J connectivity index is 0.000000671. The molecule has 0 bridgehead atoms. The molecule has 0 unspecified atom stereocenters. The summed E-state index contributed by atoms with van der Waals surface area (Å²) in [5.41, 5.74) is 0.714. The standard InChI is InChI=1S/C6H5Cl3N2.C2H6/c7-2-1-4-5(8)10-3-11-6(4)9;1-2/h3H,1-2H2;1-2H3. The predicted octanol–water partition coefficient (Wildman–Crippen LogP) is 3.59. The van der Waals surface area contributed by atoms with E-state index in [1.807, 2.05) is 13.8 Å². The van der Waals surface area contributed by atoms with Gasteiger partial charge in [0.25, 0.3) is 0 Å². The second-order valence-corrected chi connectivity index (χ2v) is 2.97. The Morgan fingerprint density at radius 3 is 2.00 bits per heavy atom. The molecule has 0 saturated heterocycles. The first-order chi connectivity index (χ1) is 6.25. The Labute approximate surface area is 93.2 Å². The lowest BCUT2D eigenvalue weighted by atomic mass is 10.3. The zero-order chi connectivity index (χ0) is 10.3. The van der Waals surface area contributed by atoms with E-state index in [0.717, 1.165) is 0 Å². The fourth-order valence-corrected chi connectivity index (χ4v) is 1.36. The van der Waals surface area contributed by atoms with Gasteiger partial charge < -0.3 is 0 Å². The number of aromatic nitrogens is 2. The summed E-state index contributed by atoms with van der Waals surface area (Å²) in [5.74, 6) is 0.465. The monoisotopic (exact) mass is 240 g/mol. The molecule has 0 aliphatic carbocycles. The lowest BCUT2D eigenvalue weighted by Crippen LogP contribution is -1.93. The molecule has 0 spiro atoms. The number of alkyl halides is 1. The molecule has 0 fully saturated rings. The fraction of sp³-hybridized carbons (Fsp3) is 0.500. The molecular weight excluding hydrogens is 230 g/mol. The summed E-state index contributed by atoms with van der Waals surface area (Å²) < 4.78 is 0. The largest absolute Gasteiger partial charge is 0.224 e. The van der Waals surface area contributed by atoms with Gasteiger partial charge in [0.05, 0.1) is 0 Å². The third-order valence-electron chi connectivity index (χ3n) is 1.18. The molecule has 0 N–H and O–H groups in total. The van der Waals surface area contributed by atoms with Gasteiger partial charge in [0.15, 0.2) is 0 Å². The SMILES string of the molecule is CC.ClCCc1c(Cl)ncnc1Cl. The topological polar surface area (TPSA) is 25.8 Å². The highest BCUT2D eigenvalue weighted by atomic mass is 35.5. The summed E-state index contributed by atoms with van der Waals surface area (Å²) in [6.07, 6.45) is 1.92. The Morgan fingerprint density at radius 1 is 1.15 bits per heavy atom. The molecule has 0 atom stereocenters. The first kappa shape index (κ1) is 12.9. The normalized spacial score (nSPS) is 9.00. The predicted molar refractivity (Wildman–Crippen MR) is 57.8 cm³/mol. The Kier molecular flexibility index (Phi) is 7.33. The molecule has 1 rings (SSSR count). The van der Waals surface area contributed by atoms with Crippen LogP contribution in [-0.2, 0) is 6.42 Å². The summed E-state index contributed by atoms with van der Waals surface area (Å²) in [6.45, 7) is 4.00. The second-order valence-electron chi connectivity index (χ2n) is 1.87. The summed E-state index contributed by atoms with van der Waals surface area (Å²) in [5, 5.41) is 0.760. The highest BCUT2D eigenvalue weighted by Gasteiger charge is 2.05. The van der Waals surface area contributed by atoms with E-state index in [1.165, 1.54) is 6.33 Å². The molecule has 2 nitrogen and oxygen atoms in total. The van der Waals surface area contributed by atoms with E-state index in [2.05, 4.69) is 9.97 Å². The number of hydrogen-bond donors (Lipinski definition) is 0. The lowest BCUT2D eigenvalue weighted by molar-refractivity contribution is 1.05. The molecule has 1 aromatic rings. The van der Waals surface area contributed by atoms with Crippen molar-refractivity contribution in [3.8, 4) is 0 Å². The van der Waals surface area contributed by atoms with E-state index in [4.69, 9.17) is 34.8 Å². The molecule has 1 heterocycles. The number of rotatable bonds is 2. The summed E-state index contributed by atoms with van der Waals surface area (Å²) in [4.78, 5) is 7.54.